The first-order valence-electron chi connectivity index (χ1n) is 10.6. The Bertz CT molecular complexity index is 1390. The Kier molecular flexibility index (Phi) is 4.43. The summed E-state index contributed by atoms with van der Waals surface area (Å²) in [7, 11) is 2.15. The van der Waals surface area contributed by atoms with Crippen molar-refractivity contribution in [3.8, 4) is 17.1 Å². The van der Waals surface area contributed by atoms with Gasteiger partial charge < -0.3 is 4.57 Å². The van der Waals surface area contributed by atoms with Crippen molar-refractivity contribution in [2.24, 2.45) is 7.05 Å². The van der Waals surface area contributed by atoms with Gasteiger partial charge >= 0.3 is 0 Å². The van der Waals surface area contributed by atoms with Gasteiger partial charge in [-0.25, -0.2) is 0 Å². The van der Waals surface area contributed by atoms with Crippen molar-refractivity contribution in [2.75, 3.05) is 0 Å². The van der Waals surface area contributed by atoms with Gasteiger partial charge in [-0.2, -0.15) is 4.57 Å². The van der Waals surface area contributed by atoms with Crippen LogP contribution < -0.4 is 4.57 Å². The molecule has 5 rings (SSSR count). The highest BCUT2D eigenvalue weighted by atomic mass is 15.0. The molecule has 30 heavy (non-hydrogen) atoms. The van der Waals surface area contributed by atoms with Crippen molar-refractivity contribution in [1.29, 1.82) is 0 Å². The summed E-state index contributed by atoms with van der Waals surface area (Å²) < 4.78 is 4.72. The van der Waals surface area contributed by atoms with Crippen LogP contribution in [0.15, 0.2) is 85.1 Å². The van der Waals surface area contributed by atoms with Gasteiger partial charge in [0.1, 0.15) is 12.7 Å². The summed E-state index contributed by atoms with van der Waals surface area (Å²) in [6.45, 7) is 6.79. The van der Waals surface area contributed by atoms with E-state index in [1.807, 2.05) is 0 Å². The van der Waals surface area contributed by atoms with E-state index in [9.17, 15) is 0 Å². The molecule has 0 atom stereocenters. The zero-order valence-electron chi connectivity index (χ0n) is 18.1. The van der Waals surface area contributed by atoms with Crippen LogP contribution in [0.4, 0.5) is 0 Å². The lowest BCUT2D eigenvalue weighted by Gasteiger charge is -2.17. The number of para-hydroxylation sites is 2. The summed E-state index contributed by atoms with van der Waals surface area (Å²) in [6, 6.07) is 28.5. The summed E-state index contributed by atoms with van der Waals surface area (Å²) in [5.74, 6) is 0.445. The Labute approximate surface area is 178 Å². The largest absolute Gasteiger partial charge is 0.304 e. The number of aromatic nitrogens is 2. The molecule has 2 heterocycles. The van der Waals surface area contributed by atoms with Gasteiger partial charge in [0.05, 0.1) is 5.52 Å². The Balaban J connectivity index is 1.92. The van der Waals surface area contributed by atoms with Crippen LogP contribution in [0.3, 0.4) is 0 Å². The second-order valence-electron chi connectivity index (χ2n) is 8.44. The summed E-state index contributed by atoms with van der Waals surface area (Å²) in [5, 5.41) is 3.82. The average molecular weight is 392 g/mol. The number of pyridine rings is 1. The molecule has 0 radical (unpaired) electrons. The van der Waals surface area contributed by atoms with Gasteiger partial charge in [-0.05, 0) is 47.6 Å². The number of hydrogen-bond acceptors (Lipinski definition) is 0. The zero-order valence-corrected chi connectivity index (χ0v) is 18.1. The van der Waals surface area contributed by atoms with Crippen molar-refractivity contribution in [3.05, 3.63) is 96.2 Å². The molecule has 0 spiro atoms. The molecule has 0 aliphatic carbocycles. The van der Waals surface area contributed by atoms with Crippen LogP contribution >= 0.6 is 0 Å². The molecule has 2 nitrogen and oxygen atoms in total. The summed E-state index contributed by atoms with van der Waals surface area (Å²) in [6.07, 6.45) is 2.24. The van der Waals surface area contributed by atoms with E-state index in [1.54, 1.807) is 0 Å². The molecule has 0 aliphatic rings. The number of benzene rings is 3. The maximum absolute atomic E-state index is 2.46. The molecule has 3 aromatic carbocycles. The lowest BCUT2D eigenvalue weighted by molar-refractivity contribution is -0.659. The van der Waals surface area contributed by atoms with Crippen LogP contribution in [0.5, 0.6) is 0 Å². The van der Waals surface area contributed by atoms with Gasteiger partial charge in [-0.3, -0.25) is 0 Å². The Morgan fingerprint density at radius 3 is 2.27 bits per heavy atom. The summed E-state index contributed by atoms with van der Waals surface area (Å²) in [5.41, 5.74) is 7.68. The fraction of sp³-hybridized carbons (Fsp3) is 0.179. The molecule has 0 saturated carbocycles. The molecule has 0 bridgehead atoms. The van der Waals surface area contributed by atoms with Gasteiger partial charge in [0.2, 0.25) is 5.69 Å². The van der Waals surface area contributed by atoms with Crippen LogP contribution in [-0.2, 0) is 7.05 Å². The van der Waals surface area contributed by atoms with E-state index in [0.29, 0.717) is 5.92 Å². The van der Waals surface area contributed by atoms with Crippen molar-refractivity contribution in [1.82, 2.24) is 4.57 Å². The molecule has 0 unspecified atom stereocenters. The monoisotopic (exact) mass is 391 g/mol. The fourth-order valence-electron chi connectivity index (χ4n) is 4.66. The molecule has 2 heteroatoms. The second kappa shape index (κ2) is 7.14. The van der Waals surface area contributed by atoms with Crippen molar-refractivity contribution in [2.45, 2.75) is 26.7 Å². The number of aryl methyl sites for hydroxylation is 2. The SMILES string of the molecule is Cc1c(-c2cc3ccccc3c[n+]2C)n(-c2ccccc2C(C)C)c2ccccc12. The minimum absolute atomic E-state index is 0.445. The molecule has 0 aliphatic heterocycles. The average Bonchev–Trinajstić information content (AvgIpc) is 3.05. The predicted molar refractivity (Wildman–Crippen MR) is 126 cm³/mol. The first kappa shape index (κ1) is 18.6. The first-order valence-corrected chi connectivity index (χ1v) is 10.6. The highest BCUT2D eigenvalue weighted by Gasteiger charge is 2.24. The second-order valence-corrected chi connectivity index (χ2v) is 8.44. The van der Waals surface area contributed by atoms with Crippen LogP contribution in [0.2, 0.25) is 0 Å². The van der Waals surface area contributed by atoms with Crippen molar-refractivity contribution in [3.63, 3.8) is 0 Å². The third kappa shape index (κ3) is 2.83. The lowest BCUT2D eigenvalue weighted by atomic mass is 10.0. The molecule has 5 aromatic rings. The summed E-state index contributed by atoms with van der Waals surface area (Å²) in [4.78, 5) is 0. The lowest BCUT2D eigenvalue weighted by Crippen LogP contribution is -2.31. The number of rotatable bonds is 3. The highest BCUT2D eigenvalue weighted by molar-refractivity contribution is 5.94. The van der Waals surface area contributed by atoms with E-state index in [4.69, 9.17) is 0 Å². The quantitative estimate of drug-likeness (QED) is 0.302. The maximum atomic E-state index is 2.46. The van der Waals surface area contributed by atoms with Crippen LogP contribution in [0.1, 0.15) is 30.9 Å². The van der Waals surface area contributed by atoms with E-state index in [0.717, 1.165) is 0 Å². The Hall–Kier alpha value is -3.39. The van der Waals surface area contributed by atoms with Gasteiger partial charge in [-0.15, -0.1) is 0 Å². The normalized spacial score (nSPS) is 11.6. The smallest absolute Gasteiger partial charge is 0.230 e. The molecule has 0 amide bonds. The standard InChI is InChI=1S/C28H27N2/c1-19(2)23-13-7-9-15-25(23)30-26-16-10-8-14-24(26)20(3)28(30)27-17-21-11-5-6-12-22(21)18-29(27)4/h5-19H,1-4H3/q+1. The fourth-order valence-corrected chi connectivity index (χ4v) is 4.66. The van der Waals surface area contributed by atoms with Crippen LogP contribution in [0, 0.1) is 6.92 Å². The minimum Gasteiger partial charge on any atom is -0.304 e. The van der Waals surface area contributed by atoms with Gasteiger partial charge in [0.25, 0.3) is 0 Å². The molecule has 0 saturated heterocycles. The molecule has 0 fully saturated rings. The van der Waals surface area contributed by atoms with Crippen molar-refractivity contribution < 1.29 is 4.57 Å². The van der Waals surface area contributed by atoms with Gasteiger partial charge in [-0.1, -0.05) is 68.4 Å². The van der Waals surface area contributed by atoms with Crippen molar-refractivity contribution >= 4 is 21.7 Å². The van der Waals surface area contributed by atoms with Gasteiger partial charge in [0.15, 0.2) is 6.20 Å². The number of nitrogens with zero attached hydrogens (tertiary/aromatic N) is 2. The van der Waals surface area contributed by atoms with E-state index >= 15 is 0 Å². The van der Waals surface area contributed by atoms with E-state index in [-0.39, 0.29) is 0 Å². The molecule has 0 N–H and O–H groups in total. The maximum Gasteiger partial charge on any atom is 0.230 e. The van der Waals surface area contributed by atoms with Crippen LogP contribution in [-0.4, -0.2) is 4.57 Å². The molecule has 2 aromatic heterocycles. The van der Waals surface area contributed by atoms with Gasteiger partial charge in [0, 0.05) is 22.5 Å². The molecular formula is C28H27N2+. The topological polar surface area (TPSA) is 8.81 Å². The Morgan fingerprint density at radius 2 is 1.47 bits per heavy atom. The third-order valence-electron chi connectivity index (χ3n) is 6.17. The zero-order chi connectivity index (χ0) is 20.8. The minimum atomic E-state index is 0.445. The highest BCUT2D eigenvalue weighted by Crippen LogP contribution is 2.37. The predicted octanol–water partition coefficient (Wildman–Crippen LogP) is 6.71. The number of hydrogen-bond donors (Lipinski definition) is 0. The van der Waals surface area contributed by atoms with E-state index in [1.165, 1.54) is 49.9 Å². The van der Waals surface area contributed by atoms with E-state index in [2.05, 4.69) is 122 Å². The van der Waals surface area contributed by atoms with E-state index < -0.39 is 0 Å². The Morgan fingerprint density at radius 1 is 0.800 bits per heavy atom. The van der Waals surface area contributed by atoms with Crippen LogP contribution in [0.25, 0.3) is 38.8 Å². The number of fused-ring (bicyclic) bond motifs is 2. The first-order chi connectivity index (χ1) is 14.6. The molecule has 148 valence electrons. The molecular weight excluding hydrogens is 364 g/mol. The summed E-state index contributed by atoms with van der Waals surface area (Å²) >= 11 is 0. The third-order valence-corrected chi connectivity index (χ3v) is 6.17.